The third kappa shape index (κ3) is 1.91. The Bertz CT molecular complexity index is 898. The Hall–Kier alpha value is -3.22. The minimum Gasteiger partial charge on any atom is -0.368 e. The fourth-order valence-corrected chi connectivity index (χ4v) is 2.09. The molecule has 0 aliphatic heterocycles. The molecule has 3 aromatic heterocycles. The molecule has 0 unspecified atom stereocenters. The van der Waals surface area contributed by atoms with Crippen molar-refractivity contribution in [3.05, 3.63) is 48.7 Å². The van der Waals surface area contributed by atoms with Crippen LogP contribution < -0.4 is 5.73 Å². The van der Waals surface area contributed by atoms with Crippen LogP contribution >= 0.6 is 0 Å². The van der Waals surface area contributed by atoms with Gasteiger partial charge < -0.3 is 10.3 Å². The molecule has 0 spiro atoms. The average Bonchev–Trinajstić information content (AvgIpc) is 3.17. The van der Waals surface area contributed by atoms with Crippen LogP contribution in [0.4, 0.5) is 5.95 Å². The molecule has 102 valence electrons. The molecule has 0 bridgehead atoms. The lowest BCUT2D eigenvalue weighted by Gasteiger charge is -2.02. The Morgan fingerprint density at radius 3 is 2.67 bits per heavy atom. The minimum absolute atomic E-state index is 0.268. The second kappa shape index (κ2) is 4.41. The van der Waals surface area contributed by atoms with Crippen LogP contribution in [0.2, 0.25) is 0 Å². The monoisotopic (exact) mass is 278 g/mol. The van der Waals surface area contributed by atoms with Crippen LogP contribution in [0.1, 0.15) is 0 Å². The average molecular weight is 278 g/mol. The predicted molar refractivity (Wildman–Crippen MR) is 76.1 cm³/mol. The first-order chi connectivity index (χ1) is 10.3. The first kappa shape index (κ1) is 11.6. The highest BCUT2D eigenvalue weighted by Crippen LogP contribution is 2.22. The van der Waals surface area contributed by atoms with E-state index >= 15 is 0 Å². The van der Waals surface area contributed by atoms with Gasteiger partial charge in [0.25, 0.3) is 0 Å². The van der Waals surface area contributed by atoms with Gasteiger partial charge in [-0.25, -0.2) is 4.98 Å². The number of nitrogens with two attached hydrogens (primary N) is 1. The zero-order valence-corrected chi connectivity index (χ0v) is 10.8. The Kier molecular flexibility index (Phi) is 2.43. The molecule has 0 fully saturated rings. The van der Waals surface area contributed by atoms with Gasteiger partial charge in [-0.2, -0.15) is 14.6 Å². The summed E-state index contributed by atoms with van der Waals surface area (Å²) in [4.78, 5) is 8.77. The van der Waals surface area contributed by atoms with E-state index in [4.69, 9.17) is 10.3 Å². The van der Waals surface area contributed by atoms with Crippen molar-refractivity contribution in [3.8, 4) is 22.8 Å². The molecule has 3 heterocycles. The van der Waals surface area contributed by atoms with Crippen LogP contribution in [0.3, 0.4) is 0 Å². The largest absolute Gasteiger partial charge is 0.368 e. The maximum atomic E-state index is 5.96. The van der Waals surface area contributed by atoms with Crippen LogP contribution in [0.25, 0.3) is 28.5 Å². The van der Waals surface area contributed by atoms with Gasteiger partial charge in [0.15, 0.2) is 17.2 Å². The second-order valence-electron chi connectivity index (χ2n) is 4.45. The van der Waals surface area contributed by atoms with Gasteiger partial charge in [-0.15, -0.1) is 0 Å². The number of hydrogen-bond donors (Lipinski definition) is 1. The molecule has 4 aromatic rings. The number of nitrogen functional groups attached to an aromatic ring is 1. The predicted octanol–water partition coefficient (Wildman–Crippen LogP) is 2.03. The van der Waals surface area contributed by atoms with E-state index in [9.17, 15) is 0 Å². The zero-order chi connectivity index (χ0) is 14.2. The number of rotatable bonds is 2. The van der Waals surface area contributed by atoms with E-state index in [0.29, 0.717) is 22.9 Å². The summed E-state index contributed by atoms with van der Waals surface area (Å²) >= 11 is 0. The molecule has 21 heavy (non-hydrogen) atoms. The molecule has 0 saturated heterocycles. The minimum atomic E-state index is 0.268. The van der Waals surface area contributed by atoms with E-state index in [2.05, 4.69) is 20.2 Å². The highest BCUT2D eigenvalue weighted by atomic mass is 16.5. The second-order valence-corrected chi connectivity index (χ2v) is 4.45. The van der Waals surface area contributed by atoms with Crippen molar-refractivity contribution in [1.82, 2.24) is 24.7 Å². The third-order valence-corrected chi connectivity index (χ3v) is 3.07. The Labute approximate surface area is 119 Å². The summed E-state index contributed by atoms with van der Waals surface area (Å²) in [6.07, 6.45) is 1.56. The molecule has 7 heteroatoms. The highest BCUT2D eigenvalue weighted by molar-refractivity contribution is 5.64. The molecule has 0 aliphatic rings. The number of fused-ring (bicyclic) bond motifs is 1. The topological polar surface area (TPSA) is 95.1 Å². The van der Waals surface area contributed by atoms with E-state index < -0.39 is 0 Å². The van der Waals surface area contributed by atoms with Crippen LogP contribution in [-0.4, -0.2) is 24.7 Å². The first-order valence-electron chi connectivity index (χ1n) is 6.31. The smallest absolute Gasteiger partial charge is 0.225 e. The molecule has 0 radical (unpaired) electrons. The quantitative estimate of drug-likeness (QED) is 0.602. The van der Waals surface area contributed by atoms with Crippen molar-refractivity contribution in [2.45, 2.75) is 0 Å². The van der Waals surface area contributed by atoms with E-state index in [0.717, 1.165) is 5.56 Å². The Morgan fingerprint density at radius 1 is 1.05 bits per heavy atom. The molecule has 2 N–H and O–H groups in total. The third-order valence-electron chi connectivity index (χ3n) is 3.07. The van der Waals surface area contributed by atoms with Crippen molar-refractivity contribution in [1.29, 1.82) is 0 Å². The van der Waals surface area contributed by atoms with Crippen molar-refractivity contribution in [3.63, 3.8) is 0 Å². The number of hydrogen-bond acceptors (Lipinski definition) is 6. The van der Waals surface area contributed by atoms with Crippen LogP contribution in [0.5, 0.6) is 0 Å². The van der Waals surface area contributed by atoms with Crippen LogP contribution in [-0.2, 0) is 0 Å². The van der Waals surface area contributed by atoms with E-state index in [1.807, 2.05) is 30.3 Å². The maximum Gasteiger partial charge on any atom is 0.225 e. The number of aromatic nitrogens is 5. The van der Waals surface area contributed by atoms with Gasteiger partial charge in [-0.1, -0.05) is 35.5 Å². The van der Waals surface area contributed by atoms with E-state index in [1.165, 1.54) is 4.52 Å². The highest BCUT2D eigenvalue weighted by Gasteiger charge is 2.13. The summed E-state index contributed by atoms with van der Waals surface area (Å²) in [5.74, 6) is 1.38. The van der Waals surface area contributed by atoms with Crippen LogP contribution in [0, 0.1) is 0 Å². The van der Waals surface area contributed by atoms with Gasteiger partial charge >= 0.3 is 0 Å². The van der Waals surface area contributed by atoms with Crippen molar-refractivity contribution in [2.75, 3.05) is 5.73 Å². The lowest BCUT2D eigenvalue weighted by molar-refractivity contribution is 0.431. The van der Waals surface area contributed by atoms with Gasteiger partial charge in [-0.05, 0) is 0 Å². The normalized spacial score (nSPS) is 11.0. The molecule has 4 rings (SSSR count). The standard InChI is InChI=1S/C14H10N6O/c15-14-18-13(9-4-2-1-3-5-9)17-12-8-10(19-20(12)14)11-6-7-16-21-11/h1-8H,(H2,15,17,18). The maximum absolute atomic E-state index is 5.96. The van der Waals surface area contributed by atoms with Crippen LogP contribution in [0.15, 0.2) is 53.2 Å². The van der Waals surface area contributed by atoms with E-state index in [-0.39, 0.29) is 5.95 Å². The molecule has 1 aromatic carbocycles. The molecular formula is C14H10N6O. The van der Waals surface area contributed by atoms with E-state index in [1.54, 1.807) is 18.3 Å². The molecule has 0 aliphatic carbocycles. The molecule has 7 nitrogen and oxygen atoms in total. The number of benzene rings is 1. The Morgan fingerprint density at radius 2 is 1.90 bits per heavy atom. The number of anilines is 1. The molecular weight excluding hydrogens is 268 g/mol. The van der Waals surface area contributed by atoms with Gasteiger partial charge in [-0.3, -0.25) is 0 Å². The summed E-state index contributed by atoms with van der Waals surface area (Å²) in [6, 6.07) is 13.2. The summed E-state index contributed by atoms with van der Waals surface area (Å²) < 4.78 is 6.57. The summed E-state index contributed by atoms with van der Waals surface area (Å²) in [5, 5.41) is 7.99. The summed E-state index contributed by atoms with van der Waals surface area (Å²) in [5.41, 5.74) is 8.08. The van der Waals surface area contributed by atoms with Crippen molar-refractivity contribution in [2.24, 2.45) is 0 Å². The zero-order valence-electron chi connectivity index (χ0n) is 10.8. The summed E-state index contributed by atoms with van der Waals surface area (Å²) in [7, 11) is 0. The van der Waals surface area contributed by atoms with Gasteiger partial charge in [0.05, 0.1) is 6.20 Å². The summed E-state index contributed by atoms with van der Waals surface area (Å²) in [6.45, 7) is 0. The lowest BCUT2D eigenvalue weighted by Crippen LogP contribution is -2.05. The van der Waals surface area contributed by atoms with Gasteiger partial charge in [0.1, 0.15) is 5.69 Å². The fourth-order valence-electron chi connectivity index (χ4n) is 2.09. The van der Waals surface area contributed by atoms with Gasteiger partial charge in [0, 0.05) is 17.7 Å². The molecule has 0 saturated carbocycles. The SMILES string of the molecule is Nc1nc(-c2ccccc2)nc2cc(-c3ccno3)nn12. The molecule has 0 atom stereocenters. The first-order valence-corrected chi connectivity index (χ1v) is 6.31. The lowest BCUT2D eigenvalue weighted by atomic mass is 10.2. The Balaban J connectivity index is 1.90. The van der Waals surface area contributed by atoms with Crippen molar-refractivity contribution < 1.29 is 4.52 Å². The van der Waals surface area contributed by atoms with Gasteiger partial charge in [0.2, 0.25) is 5.95 Å². The fraction of sp³-hybridized carbons (Fsp3) is 0. The molecule has 0 amide bonds. The number of nitrogens with zero attached hydrogens (tertiary/aromatic N) is 5. The van der Waals surface area contributed by atoms with Crippen molar-refractivity contribution >= 4 is 11.6 Å².